The molecule has 250 valence electrons. The number of benzene rings is 3. The molecule has 1 saturated heterocycles. The third-order valence-corrected chi connectivity index (χ3v) is 7.83. The first-order valence-corrected chi connectivity index (χ1v) is 16.0. The molecule has 3 aromatic carbocycles. The average molecular weight is 645 g/mol. The minimum absolute atomic E-state index is 0.0613. The Kier molecular flexibility index (Phi) is 11.5. The Morgan fingerprint density at radius 2 is 1.74 bits per heavy atom. The first-order chi connectivity index (χ1) is 22.7. The van der Waals surface area contributed by atoms with E-state index < -0.39 is 11.8 Å². The van der Waals surface area contributed by atoms with Crippen LogP contribution >= 0.6 is 0 Å². The Morgan fingerprint density at radius 3 is 2.53 bits per heavy atom. The lowest BCUT2D eigenvalue weighted by molar-refractivity contribution is -0.179. The zero-order valence-corrected chi connectivity index (χ0v) is 27.5. The molecule has 2 heterocycles. The number of para-hydroxylation sites is 1. The van der Waals surface area contributed by atoms with Crippen molar-refractivity contribution >= 4 is 17.1 Å². The van der Waals surface area contributed by atoms with Gasteiger partial charge in [0, 0.05) is 36.0 Å². The molecule has 4 aromatic rings. The molecule has 10 nitrogen and oxygen atoms in total. The highest BCUT2D eigenvalue weighted by molar-refractivity contribution is 5.78. The minimum Gasteiger partial charge on any atom is -0.496 e. The van der Waals surface area contributed by atoms with E-state index >= 15 is 0 Å². The Labute approximate surface area is 275 Å². The van der Waals surface area contributed by atoms with Crippen molar-refractivity contribution in [1.29, 1.82) is 0 Å². The molecular weight excluding hydrogens is 600 g/mol. The van der Waals surface area contributed by atoms with E-state index in [1.54, 1.807) is 39.0 Å². The summed E-state index contributed by atoms with van der Waals surface area (Å²) in [4.78, 5) is 32.7. The number of carbonyl (C=O) groups is 1. The van der Waals surface area contributed by atoms with E-state index in [9.17, 15) is 9.59 Å². The molecule has 47 heavy (non-hydrogen) atoms. The van der Waals surface area contributed by atoms with Gasteiger partial charge in [-0.05, 0) is 74.0 Å². The number of nitrogens with one attached hydrogen (secondary N) is 1. The summed E-state index contributed by atoms with van der Waals surface area (Å²) in [7, 11) is 1.66. The van der Waals surface area contributed by atoms with Gasteiger partial charge in [0.25, 0.3) is 0 Å². The number of rotatable bonds is 13. The SMILES string of the molecule is COc1ccccc1COCCCOc1ccc(C2CCN(OC(=O)OC(C)(C)C)CC2OCc2ccc3ccc(=O)[nH]c3c2)cc1. The summed E-state index contributed by atoms with van der Waals surface area (Å²) in [5.41, 5.74) is 3.01. The lowest BCUT2D eigenvalue weighted by Crippen LogP contribution is -2.45. The fourth-order valence-electron chi connectivity index (χ4n) is 5.55. The number of aromatic amines is 1. The summed E-state index contributed by atoms with van der Waals surface area (Å²) in [6.45, 7) is 8.24. The van der Waals surface area contributed by atoms with Gasteiger partial charge in [0.15, 0.2) is 0 Å². The Morgan fingerprint density at radius 1 is 0.957 bits per heavy atom. The maximum Gasteiger partial charge on any atom is 0.528 e. The van der Waals surface area contributed by atoms with Crippen LogP contribution in [0.5, 0.6) is 11.5 Å². The van der Waals surface area contributed by atoms with Crippen LogP contribution in [0.3, 0.4) is 0 Å². The number of piperidine rings is 1. The molecule has 1 aliphatic rings. The molecule has 10 heteroatoms. The molecule has 1 fully saturated rings. The minimum atomic E-state index is -0.736. The lowest BCUT2D eigenvalue weighted by Gasteiger charge is -2.37. The zero-order chi connectivity index (χ0) is 33.2. The molecule has 1 aliphatic heterocycles. The van der Waals surface area contributed by atoms with Crippen molar-refractivity contribution in [3.8, 4) is 11.5 Å². The topological polar surface area (TPSA) is 109 Å². The van der Waals surface area contributed by atoms with Crippen LogP contribution in [0, 0.1) is 0 Å². The summed E-state index contributed by atoms with van der Waals surface area (Å²) < 4.78 is 29.0. The standard InChI is InChI=1S/C37H44N2O8/c1-37(2,3)46-36(41)47-39-19-18-31(34(23-39)45-24-26-10-11-28-14-17-35(40)38-32(28)22-26)27-12-15-30(16-13-27)44-21-7-20-43-25-29-8-5-6-9-33(29)42-4/h5-6,8-17,22,31,34H,7,18-21,23-25H2,1-4H3,(H,38,40). The summed E-state index contributed by atoms with van der Waals surface area (Å²) in [5, 5.41) is 2.56. The molecule has 0 radical (unpaired) electrons. The lowest BCUT2D eigenvalue weighted by atomic mass is 9.87. The Hall–Kier alpha value is -4.38. The summed E-state index contributed by atoms with van der Waals surface area (Å²) in [6, 6.07) is 25.1. The monoisotopic (exact) mass is 644 g/mol. The van der Waals surface area contributed by atoms with E-state index in [4.69, 9.17) is 28.5 Å². The van der Waals surface area contributed by atoms with Crippen LogP contribution in [0.4, 0.5) is 4.79 Å². The van der Waals surface area contributed by atoms with Gasteiger partial charge in [-0.3, -0.25) is 4.79 Å². The number of pyridine rings is 1. The summed E-state index contributed by atoms with van der Waals surface area (Å²) in [5.74, 6) is 1.67. The fraction of sp³-hybridized carbons (Fsp3) is 0.405. The summed E-state index contributed by atoms with van der Waals surface area (Å²) >= 11 is 0. The third kappa shape index (κ3) is 10.1. The number of H-pyrrole nitrogens is 1. The van der Waals surface area contributed by atoms with Crippen LogP contribution in [0.15, 0.2) is 83.7 Å². The molecule has 0 spiro atoms. The van der Waals surface area contributed by atoms with Crippen LogP contribution in [0.1, 0.15) is 56.2 Å². The number of carbonyl (C=O) groups excluding carboxylic acids is 1. The number of hydroxylamine groups is 2. The number of ether oxygens (including phenoxy) is 5. The number of aromatic nitrogens is 1. The van der Waals surface area contributed by atoms with Crippen molar-refractivity contribution in [2.24, 2.45) is 0 Å². The van der Waals surface area contributed by atoms with Gasteiger partial charge in [0.2, 0.25) is 5.56 Å². The van der Waals surface area contributed by atoms with Gasteiger partial charge in [-0.25, -0.2) is 4.79 Å². The molecule has 0 aliphatic carbocycles. The van der Waals surface area contributed by atoms with Gasteiger partial charge < -0.3 is 33.5 Å². The normalized spacial score (nSPS) is 16.9. The quantitative estimate of drug-likeness (QED) is 0.125. The maximum atomic E-state index is 12.4. The second-order valence-electron chi connectivity index (χ2n) is 12.6. The second-order valence-corrected chi connectivity index (χ2v) is 12.6. The van der Waals surface area contributed by atoms with Crippen LogP contribution in [0.25, 0.3) is 10.9 Å². The fourth-order valence-corrected chi connectivity index (χ4v) is 5.55. The third-order valence-electron chi connectivity index (χ3n) is 7.83. The smallest absolute Gasteiger partial charge is 0.496 e. The van der Waals surface area contributed by atoms with E-state index in [0.29, 0.717) is 45.9 Å². The van der Waals surface area contributed by atoms with Gasteiger partial charge in [-0.15, -0.1) is 5.06 Å². The molecule has 1 aromatic heterocycles. The predicted octanol–water partition coefficient (Wildman–Crippen LogP) is 6.76. The molecule has 5 rings (SSSR count). The highest BCUT2D eigenvalue weighted by atomic mass is 16.8. The highest BCUT2D eigenvalue weighted by Crippen LogP contribution is 2.33. The van der Waals surface area contributed by atoms with E-state index in [2.05, 4.69) is 17.1 Å². The largest absolute Gasteiger partial charge is 0.528 e. The second kappa shape index (κ2) is 15.9. The first-order valence-electron chi connectivity index (χ1n) is 16.0. The molecular formula is C37H44N2O8. The maximum absolute atomic E-state index is 12.4. The van der Waals surface area contributed by atoms with E-state index in [-0.39, 0.29) is 17.6 Å². The van der Waals surface area contributed by atoms with Gasteiger partial charge in [0.1, 0.15) is 17.1 Å². The van der Waals surface area contributed by atoms with Gasteiger partial charge in [-0.2, -0.15) is 0 Å². The van der Waals surface area contributed by atoms with Crippen LogP contribution in [0.2, 0.25) is 0 Å². The molecule has 0 bridgehead atoms. The molecule has 2 unspecified atom stereocenters. The van der Waals surface area contributed by atoms with E-state index in [1.165, 1.54) is 6.07 Å². The van der Waals surface area contributed by atoms with Crippen molar-refractivity contribution in [2.45, 2.75) is 64.4 Å². The first kappa shape index (κ1) is 34.0. The van der Waals surface area contributed by atoms with Gasteiger partial charge in [-0.1, -0.05) is 42.5 Å². The van der Waals surface area contributed by atoms with Crippen molar-refractivity contribution in [3.05, 3.63) is 106 Å². The van der Waals surface area contributed by atoms with E-state index in [1.807, 2.05) is 54.6 Å². The van der Waals surface area contributed by atoms with Crippen molar-refractivity contribution < 1.29 is 33.3 Å². The van der Waals surface area contributed by atoms with Crippen molar-refractivity contribution in [1.82, 2.24) is 10.0 Å². The van der Waals surface area contributed by atoms with Gasteiger partial charge in [0.05, 0.1) is 46.2 Å². The number of methoxy groups -OCH3 is 1. The molecule has 1 N–H and O–H groups in total. The predicted molar refractivity (Wildman–Crippen MR) is 179 cm³/mol. The van der Waals surface area contributed by atoms with Crippen molar-refractivity contribution in [2.75, 3.05) is 33.4 Å². The van der Waals surface area contributed by atoms with E-state index in [0.717, 1.165) is 45.5 Å². The van der Waals surface area contributed by atoms with Crippen LogP contribution in [-0.2, 0) is 32.3 Å². The Balaban J connectivity index is 1.17. The molecule has 2 atom stereocenters. The molecule has 0 saturated carbocycles. The van der Waals surface area contributed by atoms with Crippen LogP contribution < -0.4 is 15.0 Å². The Bertz CT molecular complexity index is 1660. The number of fused-ring (bicyclic) bond motifs is 1. The number of hydrogen-bond acceptors (Lipinski definition) is 9. The van der Waals surface area contributed by atoms with Crippen LogP contribution in [-0.4, -0.2) is 61.3 Å². The highest BCUT2D eigenvalue weighted by Gasteiger charge is 2.34. The van der Waals surface area contributed by atoms with Crippen molar-refractivity contribution in [3.63, 3.8) is 0 Å². The summed E-state index contributed by atoms with van der Waals surface area (Å²) in [6.07, 6.45) is 0.456. The molecule has 0 amide bonds. The zero-order valence-electron chi connectivity index (χ0n) is 27.5. The number of hydrogen-bond donors (Lipinski definition) is 1. The number of nitrogens with zero attached hydrogens (tertiary/aromatic N) is 1. The van der Waals surface area contributed by atoms with Gasteiger partial charge >= 0.3 is 6.16 Å². The average Bonchev–Trinajstić information content (AvgIpc) is 3.05.